The zero-order chi connectivity index (χ0) is 7.68. The van der Waals surface area contributed by atoms with Crippen molar-refractivity contribution in [2.24, 2.45) is 10.2 Å². The Hall–Kier alpha value is -1.69. The summed E-state index contributed by atoms with van der Waals surface area (Å²) in [6.07, 6.45) is 0. The maximum Gasteiger partial charge on any atom is 0.239 e. The number of azo groups is 1. The highest BCUT2D eigenvalue weighted by molar-refractivity contribution is 5.58. The van der Waals surface area contributed by atoms with Gasteiger partial charge in [-0.25, -0.2) is 0 Å². The van der Waals surface area contributed by atoms with E-state index in [2.05, 4.69) is 10.2 Å². The van der Waals surface area contributed by atoms with E-state index in [1.165, 1.54) is 0 Å². The second kappa shape index (κ2) is 2.17. The molecule has 1 aromatic rings. The minimum absolute atomic E-state index is 0.403. The van der Waals surface area contributed by atoms with E-state index in [0.29, 0.717) is 6.04 Å². The molecular formula is C8H4N3. The molecule has 0 saturated heterocycles. The lowest BCUT2D eigenvalue weighted by molar-refractivity contribution is 1.14. The van der Waals surface area contributed by atoms with Crippen LogP contribution >= 0.6 is 0 Å². The Morgan fingerprint density at radius 3 is 2.82 bits per heavy atom. The molecule has 3 nitrogen and oxygen atoms in total. The van der Waals surface area contributed by atoms with Crippen molar-refractivity contribution in [3.05, 3.63) is 35.9 Å². The van der Waals surface area contributed by atoms with Crippen LogP contribution in [-0.2, 0) is 0 Å². The molecule has 0 amide bonds. The van der Waals surface area contributed by atoms with Crippen LogP contribution in [0.1, 0.15) is 5.56 Å². The van der Waals surface area contributed by atoms with Crippen LogP contribution < -0.4 is 0 Å². The summed E-state index contributed by atoms with van der Waals surface area (Å²) < 4.78 is 0. The van der Waals surface area contributed by atoms with Crippen molar-refractivity contribution < 1.29 is 0 Å². The number of benzene rings is 1. The molecule has 0 atom stereocenters. The Balaban J connectivity index is 2.56. The van der Waals surface area contributed by atoms with Gasteiger partial charge in [-0.05, 0) is 6.07 Å². The maximum atomic E-state index is 8.57. The quantitative estimate of drug-likeness (QED) is 0.547. The SMILES string of the molecule is N#C[C]1N=Nc2ccccc21. The smallest absolute Gasteiger partial charge is 0.195 e. The van der Waals surface area contributed by atoms with Crippen LogP contribution in [0.5, 0.6) is 0 Å². The van der Waals surface area contributed by atoms with E-state index in [-0.39, 0.29) is 0 Å². The van der Waals surface area contributed by atoms with E-state index in [0.717, 1.165) is 11.3 Å². The van der Waals surface area contributed by atoms with Gasteiger partial charge in [-0.15, -0.1) is 0 Å². The monoisotopic (exact) mass is 142 g/mol. The van der Waals surface area contributed by atoms with Crippen molar-refractivity contribution in [1.82, 2.24) is 0 Å². The Kier molecular flexibility index (Phi) is 1.19. The predicted molar refractivity (Wildman–Crippen MR) is 38.9 cm³/mol. The Morgan fingerprint density at radius 2 is 2.00 bits per heavy atom. The molecule has 3 heteroatoms. The molecule has 0 N–H and O–H groups in total. The highest BCUT2D eigenvalue weighted by Gasteiger charge is 2.19. The molecule has 2 rings (SSSR count). The summed E-state index contributed by atoms with van der Waals surface area (Å²) in [5, 5.41) is 16.1. The summed E-state index contributed by atoms with van der Waals surface area (Å²) in [6, 6.07) is 9.80. The molecule has 0 saturated carbocycles. The van der Waals surface area contributed by atoms with E-state index in [1.54, 1.807) is 0 Å². The highest BCUT2D eigenvalue weighted by Crippen LogP contribution is 2.33. The average Bonchev–Trinajstić information content (AvgIpc) is 2.47. The van der Waals surface area contributed by atoms with E-state index >= 15 is 0 Å². The molecule has 1 heterocycles. The van der Waals surface area contributed by atoms with Gasteiger partial charge in [0.05, 0.1) is 5.69 Å². The summed E-state index contributed by atoms with van der Waals surface area (Å²) in [7, 11) is 0. The van der Waals surface area contributed by atoms with Crippen LogP contribution in [0.15, 0.2) is 34.5 Å². The van der Waals surface area contributed by atoms with Crippen LogP contribution in [-0.4, -0.2) is 0 Å². The summed E-state index contributed by atoms with van der Waals surface area (Å²) >= 11 is 0. The number of hydrogen-bond acceptors (Lipinski definition) is 3. The summed E-state index contributed by atoms with van der Waals surface area (Å²) in [6.45, 7) is 0. The van der Waals surface area contributed by atoms with Gasteiger partial charge >= 0.3 is 0 Å². The van der Waals surface area contributed by atoms with Crippen LogP contribution in [0.3, 0.4) is 0 Å². The lowest BCUT2D eigenvalue weighted by Gasteiger charge is -1.93. The molecule has 1 radical (unpaired) electrons. The molecule has 0 aliphatic carbocycles. The van der Waals surface area contributed by atoms with Gasteiger partial charge < -0.3 is 0 Å². The topological polar surface area (TPSA) is 48.5 Å². The largest absolute Gasteiger partial charge is 0.239 e. The number of nitrogens with zero attached hydrogens (tertiary/aromatic N) is 3. The fourth-order valence-corrected chi connectivity index (χ4v) is 1.00. The summed E-state index contributed by atoms with van der Waals surface area (Å²) in [4.78, 5) is 0. The van der Waals surface area contributed by atoms with Gasteiger partial charge in [0, 0.05) is 5.56 Å². The van der Waals surface area contributed by atoms with Crippen molar-refractivity contribution in [3.63, 3.8) is 0 Å². The van der Waals surface area contributed by atoms with Gasteiger partial charge in [-0.1, -0.05) is 18.2 Å². The molecule has 0 unspecified atom stereocenters. The lowest BCUT2D eigenvalue weighted by Crippen LogP contribution is -1.85. The third kappa shape index (κ3) is 0.802. The third-order valence-electron chi connectivity index (χ3n) is 1.52. The van der Waals surface area contributed by atoms with E-state index < -0.39 is 0 Å². The van der Waals surface area contributed by atoms with Crippen molar-refractivity contribution in [3.8, 4) is 6.07 Å². The van der Waals surface area contributed by atoms with Gasteiger partial charge in [0.1, 0.15) is 6.07 Å². The zero-order valence-corrected chi connectivity index (χ0v) is 5.65. The molecule has 1 aliphatic heterocycles. The van der Waals surface area contributed by atoms with Crippen molar-refractivity contribution >= 4 is 5.69 Å². The van der Waals surface area contributed by atoms with Crippen LogP contribution in [0, 0.1) is 17.4 Å². The van der Waals surface area contributed by atoms with Gasteiger partial charge in [0.2, 0.25) is 6.04 Å². The van der Waals surface area contributed by atoms with Crippen LogP contribution in [0.25, 0.3) is 0 Å². The summed E-state index contributed by atoms with van der Waals surface area (Å²) in [5.41, 5.74) is 1.61. The first-order valence-electron chi connectivity index (χ1n) is 3.20. The van der Waals surface area contributed by atoms with Crippen LogP contribution in [0.2, 0.25) is 0 Å². The molecule has 11 heavy (non-hydrogen) atoms. The zero-order valence-electron chi connectivity index (χ0n) is 5.65. The minimum atomic E-state index is 0.403. The predicted octanol–water partition coefficient (Wildman–Crippen LogP) is 2.19. The first-order valence-corrected chi connectivity index (χ1v) is 3.20. The molecule has 0 aromatic heterocycles. The first kappa shape index (κ1) is 6.05. The molecule has 0 fully saturated rings. The van der Waals surface area contributed by atoms with Gasteiger partial charge in [0.25, 0.3) is 0 Å². The highest BCUT2D eigenvalue weighted by atomic mass is 15.2. The number of fused-ring (bicyclic) bond motifs is 1. The first-order chi connectivity index (χ1) is 5.42. The molecule has 1 aromatic carbocycles. The molecule has 1 aliphatic rings. The van der Waals surface area contributed by atoms with Crippen molar-refractivity contribution in [1.29, 1.82) is 5.26 Å². The molecule has 51 valence electrons. The van der Waals surface area contributed by atoms with Crippen molar-refractivity contribution in [2.75, 3.05) is 0 Å². The van der Waals surface area contributed by atoms with Crippen LogP contribution in [0.4, 0.5) is 5.69 Å². The fourth-order valence-electron chi connectivity index (χ4n) is 1.00. The lowest BCUT2D eigenvalue weighted by atomic mass is 10.1. The molecule has 0 spiro atoms. The number of nitriles is 1. The van der Waals surface area contributed by atoms with E-state index in [9.17, 15) is 0 Å². The van der Waals surface area contributed by atoms with E-state index in [1.807, 2.05) is 30.3 Å². The van der Waals surface area contributed by atoms with Gasteiger partial charge in [-0.2, -0.15) is 15.5 Å². The van der Waals surface area contributed by atoms with Gasteiger partial charge in [0.15, 0.2) is 0 Å². The van der Waals surface area contributed by atoms with Gasteiger partial charge in [-0.3, -0.25) is 0 Å². The maximum absolute atomic E-state index is 8.57. The molecule has 0 bridgehead atoms. The normalized spacial score (nSPS) is 14.5. The standard InChI is InChI=1S/C8H4N3/c9-5-8-6-3-1-2-4-7(6)10-11-8/h1-4H. The minimum Gasteiger partial charge on any atom is -0.195 e. The summed E-state index contributed by atoms with van der Waals surface area (Å²) in [5.74, 6) is 0. The second-order valence-corrected chi connectivity index (χ2v) is 2.18. The van der Waals surface area contributed by atoms with E-state index in [4.69, 9.17) is 5.26 Å². The third-order valence-corrected chi connectivity index (χ3v) is 1.52. The Bertz CT molecular complexity index is 349. The average molecular weight is 142 g/mol. The molecular weight excluding hydrogens is 138 g/mol. The Labute approximate surface area is 64.0 Å². The second-order valence-electron chi connectivity index (χ2n) is 2.18. The number of rotatable bonds is 0. The fraction of sp³-hybridized carbons (Fsp3) is 0. The van der Waals surface area contributed by atoms with Crippen molar-refractivity contribution in [2.45, 2.75) is 0 Å². The number of hydrogen-bond donors (Lipinski definition) is 0. The Morgan fingerprint density at radius 1 is 1.18 bits per heavy atom.